The van der Waals surface area contributed by atoms with Gasteiger partial charge in [-0.05, 0) is 34.8 Å². The fourth-order valence-electron chi connectivity index (χ4n) is 1.42. The van der Waals surface area contributed by atoms with Crippen molar-refractivity contribution >= 4 is 44.8 Å². The predicted molar refractivity (Wildman–Crippen MR) is 74.5 cm³/mol. The fraction of sp³-hybridized carbons (Fsp3) is 0.545. The molecule has 1 amide bonds. The van der Waals surface area contributed by atoms with E-state index in [9.17, 15) is 4.79 Å². The molecule has 0 aliphatic heterocycles. The quantitative estimate of drug-likeness (QED) is 0.784. The van der Waals surface area contributed by atoms with Crippen LogP contribution >= 0.6 is 38.9 Å². The number of nitrogens with one attached hydrogen (secondary N) is 2. The topological polar surface area (TPSA) is 41.1 Å². The minimum Gasteiger partial charge on any atom is -0.353 e. The summed E-state index contributed by atoms with van der Waals surface area (Å²) in [6, 6.07) is 2.46. The lowest BCUT2D eigenvalue weighted by atomic mass is 10.3. The minimum atomic E-state index is 0.144. The molecule has 2 rings (SSSR count). The molecule has 0 bridgehead atoms. The van der Waals surface area contributed by atoms with Gasteiger partial charge in [-0.3, -0.25) is 4.79 Å². The Bertz CT molecular complexity index is 387. The van der Waals surface area contributed by atoms with Gasteiger partial charge in [0.05, 0.1) is 0 Å². The molecule has 1 saturated carbocycles. The van der Waals surface area contributed by atoms with Gasteiger partial charge in [0.15, 0.2) is 0 Å². The molecular formula is C11H14BrClN2OS. The molecule has 1 fully saturated rings. The highest BCUT2D eigenvalue weighted by Gasteiger charge is 2.22. The molecule has 0 spiro atoms. The average molecular weight is 338 g/mol. The van der Waals surface area contributed by atoms with E-state index in [1.807, 2.05) is 6.07 Å². The largest absolute Gasteiger partial charge is 0.353 e. The first kappa shape index (κ1) is 13.3. The summed E-state index contributed by atoms with van der Waals surface area (Å²) in [5.74, 6) is 0.144. The van der Waals surface area contributed by atoms with Crippen molar-refractivity contribution in [1.82, 2.24) is 10.6 Å². The van der Waals surface area contributed by atoms with Crippen LogP contribution in [0.25, 0.3) is 0 Å². The maximum Gasteiger partial charge on any atom is 0.221 e. The van der Waals surface area contributed by atoms with E-state index in [0.29, 0.717) is 19.0 Å². The number of halogens is 2. The number of hydrogen-bond acceptors (Lipinski definition) is 3. The van der Waals surface area contributed by atoms with E-state index >= 15 is 0 Å². The SMILES string of the molecule is O=C(CCNCc1cc(Br)c(Cl)s1)NC1CC1. The number of amides is 1. The minimum absolute atomic E-state index is 0.144. The van der Waals surface area contributed by atoms with Crippen LogP contribution in [0.15, 0.2) is 10.5 Å². The lowest BCUT2D eigenvalue weighted by Gasteiger charge is -2.04. The van der Waals surface area contributed by atoms with Crippen LogP contribution in [0.5, 0.6) is 0 Å². The third-order valence-corrected chi connectivity index (χ3v) is 4.94. The van der Waals surface area contributed by atoms with E-state index in [1.165, 1.54) is 4.88 Å². The number of rotatable bonds is 6. The van der Waals surface area contributed by atoms with Gasteiger partial charge in [0.2, 0.25) is 5.91 Å². The molecular weight excluding hydrogens is 324 g/mol. The molecule has 17 heavy (non-hydrogen) atoms. The zero-order valence-corrected chi connectivity index (χ0v) is 12.4. The van der Waals surface area contributed by atoms with Gasteiger partial charge in [-0.1, -0.05) is 11.6 Å². The Hall–Kier alpha value is -0.100. The molecule has 0 atom stereocenters. The van der Waals surface area contributed by atoms with Gasteiger partial charge >= 0.3 is 0 Å². The Morgan fingerprint density at radius 2 is 2.35 bits per heavy atom. The Morgan fingerprint density at radius 3 is 2.94 bits per heavy atom. The summed E-state index contributed by atoms with van der Waals surface area (Å²) < 4.78 is 1.71. The van der Waals surface area contributed by atoms with Gasteiger partial charge in [-0.15, -0.1) is 11.3 Å². The zero-order valence-electron chi connectivity index (χ0n) is 9.26. The number of thiophene rings is 1. The second kappa shape index (κ2) is 6.18. The van der Waals surface area contributed by atoms with Crippen molar-refractivity contribution in [1.29, 1.82) is 0 Å². The van der Waals surface area contributed by atoms with E-state index < -0.39 is 0 Å². The van der Waals surface area contributed by atoms with Crippen LogP contribution in [0.4, 0.5) is 0 Å². The highest BCUT2D eigenvalue weighted by molar-refractivity contribution is 9.10. The predicted octanol–water partition coefficient (Wildman–Crippen LogP) is 2.92. The molecule has 1 aromatic rings. The molecule has 3 nitrogen and oxygen atoms in total. The van der Waals surface area contributed by atoms with Gasteiger partial charge in [-0.25, -0.2) is 0 Å². The molecule has 1 aliphatic carbocycles. The van der Waals surface area contributed by atoms with Gasteiger partial charge in [0, 0.05) is 34.9 Å². The highest BCUT2D eigenvalue weighted by atomic mass is 79.9. The summed E-state index contributed by atoms with van der Waals surface area (Å²) in [6.45, 7) is 1.46. The van der Waals surface area contributed by atoms with Crippen molar-refractivity contribution in [3.8, 4) is 0 Å². The van der Waals surface area contributed by atoms with Crippen LogP contribution in [0.2, 0.25) is 4.34 Å². The first-order valence-electron chi connectivity index (χ1n) is 5.59. The average Bonchev–Trinajstić information content (AvgIpc) is 3.02. The summed E-state index contributed by atoms with van der Waals surface area (Å²) in [6.07, 6.45) is 2.82. The Labute approximate surface area is 118 Å². The summed E-state index contributed by atoms with van der Waals surface area (Å²) in [7, 11) is 0. The molecule has 2 N–H and O–H groups in total. The van der Waals surface area contributed by atoms with Gasteiger partial charge in [0.25, 0.3) is 0 Å². The maximum atomic E-state index is 11.4. The van der Waals surface area contributed by atoms with E-state index in [0.717, 1.165) is 28.2 Å². The molecule has 94 valence electrons. The second-order valence-corrected chi connectivity index (χ2v) is 6.70. The fourth-order valence-corrected chi connectivity index (χ4v) is 3.18. The van der Waals surface area contributed by atoms with Crippen LogP contribution in [0.1, 0.15) is 24.1 Å². The van der Waals surface area contributed by atoms with Crippen LogP contribution < -0.4 is 10.6 Å². The van der Waals surface area contributed by atoms with E-state index in [-0.39, 0.29) is 5.91 Å². The molecule has 6 heteroatoms. The first-order chi connectivity index (χ1) is 8.15. The van der Waals surface area contributed by atoms with Crippen molar-refractivity contribution in [3.63, 3.8) is 0 Å². The summed E-state index contributed by atoms with van der Waals surface area (Å²) in [4.78, 5) is 12.6. The Kier molecular flexibility index (Phi) is 4.85. The van der Waals surface area contributed by atoms with Crippen LogP contribution in [-0.4, -0.2) is 18.5 Å². The standard InChI is InChI=1S/C11H14BrClN2OS/c12-9-5-8(17-11(9)13)6-14-4-3-10(16)15-7-1-2-7/h5,7,14H,1-4,6H2,(H,15,16). The van der Waals surface area contributed by atoms with E-state index in [4.69, 9.17) is 11.6 Å². The number of carbonyl (C=O) groups excluding carboxylic acids is 1. The van der Waals surface area contributed by atoms with Crippen molar-refractivity contribution in [2.75, 3.05) is 6.54 Å². The van der Waals surface area contributed by atoms with Crippen molar-refractivity contribution in [3.05, 3.63) is 19.8 Å². The van der Waals surface area contributed by atoms with Crippen molar-refractivity contribution in [2.45, 2.75) is 31.8 Å². The first-order valence-corrected chi connectivity index (χ1v) is 7.57. The summed E-state index contributed by atoms with van der Waals surface area (Å²) in [5, 5.41) is 6.20. The van der Waals surface area contributed by atoms with Gasteiger partial charge < -0.3 is 10.6 Å². The molecule has 0 unspecified atom stereocenters. The van der Waals surface area contributed by atoms with Crippen molar-refractivity contribution < 1.29 is 4.79 Å². The molecule has 0 aromatic carbocycles. The molecule has 1 aromatic heterocycles. The molecule has 0 saturated heterocycles. The molecule has 0 radical (unpaired) electrons. The Morgan fingerprint density at radius 1 is 1.59 bits per heavy atom. The van der Waals surface area contributed by atoms with Crippen molar-refractivity contribution in [2.24, 2.45) is 0 Å². The molecule has 1 heterocycles. The highest BCUT2D eigenvalue weighted by Crippen LogP contribution is 2.31. The van der Waals surface area contributed by atoms with Crippen LogP contribution in [-0.2, 0) is 11.3 Å². The summed E-state index contributed by atoms with van der Waals surface area (Å²) in [5.41, 5.74) is 0. The Balaban J connectivity index is 1.60. The smallest absolute Gasteiger partial charge is 0.221 e. The third-order valence-electron chi connectivity index (χ3n) is 2.47. The number of hydrogen-bond donors (Lipinski definition) is 2. The van der Waals surface area contributed by atoms with Gasteiger partial charge in [-0.2, -0.15) is 0 Å². The van der Waals surface area contributed by atoms with E-state index in [1.54, 1.807) is 11.3 Å². The lowest BCUT2D eigenvalue weighted by molar-refractivity contribution is -0.121. The monoisotopic (exact) mass is 336 g/mol. The molecule has 1 aliphatic rings. The maximum absolute atomic E-state index is 11.4. The second-order valence-electron chi connectivity index (χ2n) is 4.10. The van der Waals surface area contributed by atoms with Gasteiger partial charge in [0.1, 0.15) is 4.34 Å². The number of carbonyl (C=O) groups is 1. The third kappa shape index (κ3) is 4.58. The summed E-state index contributed by atoms with van der Waals surface area (Å²) >= 11 is 10.9. The zero-order chi connectivity index (χ0) is 12.3. The lowest BCUT2D eigenvalue weighted by Crippen LogP contribution is -2.28. The normalized spacial score (nSPS) is 14.9. The van der Waals surface area contributed by atoms with E-state index in [2.05, 4.69) is 26.6 Å². The van der Waals surface area contributed by atoms with Crippen LogP contribution in [0.3, 0.4) is 0 Å². The van der Waals surface area contributed by atoms with Crippen LogP contribution in [0, 0.1) is 0 Å².